The second-order valence-electron chi connectivity index (χ2n) is 3.93. The number of amides is 2. The van der Waals surface area contributed by atoms with E-state index >= 15 is 0 Å². The van der Waals surface area contributed by atoms with Gasteiger partial charge in [-0.05, 0) is 19.1 Å². The first-order valence-electron chi connectivity index (χ1n) is 5.96. The van der Waals surface area contributed by atoms with Gasteiger partial charge in [0.2, 0.25) is 5.91 Å². The van der Waals surface area contributed by atoms with E-state index in [4.69, 9.17) is 10.6 Å². The number of carbonyl (C=O) groups is 2. The van der Waals surface area contributed by atoms with Crippen LogP contribution >= 0.6 is 0 Å². The van der Waals surface area contributed by atoms with Crippen LogP contribution in [0.3, 0.4) is 0 Å². The van der Waals surface area contributed by atoms with Crippen LogP contribution in [-0.2, 0) is 9.53 Å². The van der Waals surface area contributed by atoms with Gasteiger partial charge in [0, 0.05) is 13.7 Å². The Morgan fingerprint density at radius 1 is 1.40 bits per heavy atom. The van der Waals surface area contributed by atoms with Gasteiger partial charge >= 0.3 is 0 Å². The fourth-order valence-electron chi connectivity index (χ4n) is 1.30. The first-order valence-corrected chi connectivity index (χ1v) is 5.96. The van der Waals surface area contributed by atoms with Crippen molar-refractivity contribution in [1.82, 2.24) is 20.8 Å². The highest BCUT2D eigenvalue weighted by Gasteiger charge is 2.17. The maximum atomic E-state index is 11.8. The molecule has 0 saturated carbocycles. The minimum absolute atomic E-state index is 0.0977. The zero-order valence-corrected chi connectivity index (χ0v) is 11.3. The average Bonchev–Trinajstić information content (AvgIpc) is 2.47. The summed E-state index contributed by atoms with van der Waals surface area (Å²) in [4.78, 5) is 23.5. The predicted octanol–water partition coefficient (Wildman–Crippen LogP) is -1.36. The Labute approximate surface area is 116 Å². The third-order valence-electron chi connectivity index (χ3n) is 2.39. The second kappa shape index (κ2) is 8.02. The fraction of sp³-hybridized carbons (Fsp3) is 0.455. The molecule has 0 aliphatic heterocycles. The zero-order chi connectivity index (χ0) is 15.0. The minimum Gasteiger partial charge on any atom is -0.383 e. The average molecular weight is 282 g/mol. The van der Waals surface area contributed by atoms with Gasteiger partial charge in [-0.2, -0.15) is 0 Å². The van der Waals surface area contributed by atoms with Gasteiger partial charge in [-0.1, -0.05) is 0 Å². The van der Waals surface area contributed by atoms with E-state index in [1.165, 1.54) is 19.2 Å². The van der Waals surface area contributed by atoms with Crippen LogP contribution in [0, 0.1) is 0 Å². The SMILES string of the molecule is COCCNC(=O)C(C)NC(=O)c1ccc(NN)nn1. The van der Waals surface area contributed by atoms with Crippen molar-refractivity contribution < 1.29 is 14.3 Å². The molecule has 20 heavy (non-hydrogen) atoms. The lowest BCUT2D eigenvalue weighted by Crippen LogP contribution is -2.45. The van der Waals surface area contributed by atoms with Crippen molar-refractivity contribution >= 4 is 17.6 Å². The van der Waals surface area contributed by atoms with Crippen molar-refractivity contribution in [2.24, 2.45) is 5.84 Å². The molecule has 0 saturated heterocycles. The van der Waals surface area contributed by atoms with E-state index in [1.54, 1.807) is 6.92 Å². The summed E-state index contributed by atoms with van der Waals surface area (Å²) < 4.78 is 4.81. The Morgan fingerprint density at radius 3 is 2.70 bits per heavy atom. The lowest BCUT2D eigenvalue weighted by atomic mass is 10.3. The van der Waals surface area contributed by atoms with Crippen LogP contribution in [0.5, 0.6) is 0 Å². The summed E-state index contributed by atoms with van der Waals surface area (Å²) in [6.07, 6.45) is 0. The van der Waals surface area contributed by atoms with Gasteiger partial charge in [0.25, 0.3) is 5.91 Å². The molecule has 110 valence electrons. The Bertz CT molecular complexity index is 450. The second-order valence-corrected chi connectivity index (χ2v) is 3.93. The van der Waals surface area contributed by atoms with E-state index in [0.717, 1.165) is 0 Å². The molecule has 0 aromatic carbocycles. The molecule has 1 aromatic rings. The molecule has 1 rings (SSSR count). The zero-order valence-electron chi connectivity index (χ0n) is 11.3. The summed E-state index contributed by atoms with van der Waals surface area (Å²) in [5.41, 5.74) is 2.40. The molecule has 9 heteroatoms. The summed E-state index contributed by atoms with van der Waals surface area (Å²) in [5.74, 6) is 4.69. The van der Waals surface area contributed by atoms with Crippen LogP contribution in [0.15, 0.2) is 12.1 Å². The van der Waals surface area contributed by atoms with Crippen LogP contribution in [0.1, 0.15) is 17.4 Å². The number of nitrogens with two attached hydrogens (primary N) is 1. The molecule has 0 spiro atoms. The van der Waals surface area contributed by atoms with E-state index in [2.05, 4.69) is 26.3 Å². The molecule has 1 unspecified atom stereocenters. The third kappa shape index (κ3) is 4.78. The maximum Gasteiger partial charge on any atom is 0.272 e. The van der Waals surface area contributed by atoms with Gasteiger partial charge < -0.3 is 20.8 Å². The van der Waals surface area contributed by atoms with Gasteiger partial charge in [-0.3, -0.25) is 9.59 Å². The third-order valence-corrected chi connectivity index (χ3v) is 2.39. The van der Waals surface area contributed by atoms with Crippen molar-refractivity contribution in [2.45, 2.75) is 13.0 Å². The molecule has 5 N–H and O–H groups in total. The van der Waals surface area contributed by atoms with Crippen LogP contribution in [0.4, 0.5) is 5.82 Å². The molecule has 1 heterocycles. The van der Waals surface area contributed by atoms with Gasteiger partial charge in [0.05, 0.1) is 6.61 Å². The summed E-state index contributed by atoms with van der Waals surface area (Å²) >= 11 is 0. The highest BCUT2D eigenvalue weighted by molar-refractivity contribution is 5.95. The predicted molar refractivity (Wildman–Crippen MR) is 71.7 cm³/mol. The number of nitrogen functional groups attached to an aromatic ring is 1. The van der Waals surface area contributed by atoms with E-state index in [-0.39, 0.29) is 11.6 Å². The van der Waals surface area contributed by atoms with Crippen molar-refractivity contribution in [3.8, 4) is 0 Å². The Morgan fingerprint density at radius 2 is 2.15 bits per heavy atom. The van der Waals surface area contributed by atoms with Crippen LogP contribution in [0.25, 0.3) is 0 Å². The minimum atomic E-state index is -0.687. The smallest absolute Gasteiger partial charge is 0.272 e. The number of nitrogens with zero attached hydrogens (tertiary/aromatic N) is 2. The lowest BCUT2D eigenvalue weighted by Gasteiger charge is -2.13. The molecule has 0 radical (unpaired) electrons. The van der Waals surface area contributed by atoms with Gasteiger partial charge in [-0.25, -0.2) is 5.84 Å². The number of hydrazine groups is 1. The largest absolute Gasteiger partial charge is 0.383 e. The molecule has 0 fully saturated rings. The standard InChI is InChI=1S/C11H18N6O3/c1-7(10(18)13-5-6-20-2)14-11(19)8-3-4-9(15-12)17-16-8/h3-4,7H,5-6,12H2,1-2H3,(H,13,18)(H,14,19)(H,15,17). The van der Waals surface area contributed by atoms with Crippen molar-refractivity contribution in [3.05, 3.63) is 17.8 Å². The molecular formula is C11H18N6O3. The van der Waals surface area contributed by atoms with Crippen LogP contribution in [0.2, 0.25) is 0 Å². The number of carbonyl (C=O) groups excluding carboxylic acids is 2. The van der Waals surface area contributed by atoms with Crippen molar-refractivity contribution in [3.63, 3.8) is 0 Å². The first-order chi connectivity index (χ1) is 9.58. The molecule has 1 aromatic heterocycles. The van der Waals surface area contributed by atoms with E-state index in [9.17, 15) is 9.59 Å². The van der Waals surface area contributed by atoms with Crippen LogP contribution in [-0.4, -0.2) is 48.3 Å². The number of ether oxygens (including phenoxy) is 1. The summed E-state index contributed by atoms with van der Waals surface area (Å²) in [6.45, 7) is 2.36. The summed E-state index contributed by atoms with van der Waals surface area (Å²) in [7, 11) is 1.54. The molecule has 9 nitrogen and oxygen atoms in total. The number of methoxy groups -OCH3 is 1. The van der Waals surface area contributed by atoms with Gasteiger partial charge in [0.1, 0.15) is 6.04 Å². The van der Waals surface area contributed by atoms with Crippen LogP contribution < -0.4 is 21.9 Å². The number of nitrogens with one attached hydrogen (secondary N) is 3. The lowest BCUT2D eigenvalue weighted by molar-refractivity contribution is -0.122. The van der Waals surface area contributed by atoms with Crippen molar-refractivity contribution in [2.75, 3.05) is 25.7 Å². The molecular weight excluding hydrogens is 264 g/mol. The van der Waals surface area contributed by atoms with Gasteiger partial charge in [0.15, 0.2) is 11.5 Å². The molecule has 2 amide bonds. The van der Waals surface area contributed by atoms with E-state index in [0.29, 0.717) is 19.0 Å². The molecule has 1 atom stereocenters. The molecule has 0 aliphatic rings. The topological polar surface area (TPSA) is 131 Å². The Hall–Kier alpha value is -2.26. The highest BCUT2D eigenvalue weighted by Crippen LogP contribution is 2.00. The maximum absolute atomic E-state index is 11.8. The molecule has 0 aliphatic carbocycles. The van der Waals surface area contributed by atoms with E-state index in [1.807, 2.05) is 0 Å². The number of anilines is 1. The number of aromatic nitrogens is 2. The van der Waals surface area contributed by atoms with Gasteiger partial charge in [-0.15, -0.1) is 10.2 Å². The van der Waals surface area contributed by atoms with E-state index < -0.39 is 11.9 Å². The monoisotopic (exact) mass is 282 g/mol. The number of hydrogen-bond acceptors (Lipinski definition) is 7. The first kappa shape index (κ1) is 15.8. The van der Waals surface area contributed by atoms with Crippen molar-refractivity contribution in [1.29, 1.82) is 0 Å². The summed E-state index contributed by atoms with van der Waals surface area (Å²) in [5, 5.41) is 12.5. The normalized spacial score (nSPS) is 11.6. The Balaban J connectivity index is 2.49. The fourth-order valence-corrected chi connectivity index (χ4v) is 1.30. The molecule has 0 bridgehead atoms. The quantitative estimate of drug-likeness (QED) is 0.276. The highest BCUT2D eigenvalue weighted by atomic mass is 16.5. The number of rotatable bonds is 7. The summed E-state index contributed by atoms with van der Waals surface area (Å²) in [6, 6.07) is 2.27. The Kier molecular flexibility index (Phi) is 6.33. The number of hydrogen-bond donors (Lipinski definition) is 4.